The molecule has 0 N–H and O–H groups in total. The maximum atomic E-state index is 2.44. The Bertz CT molecular complexity index is 2300. The lowest BCUT2D eigenvalue weighted by Crippen LogP contribution is -1.91. The Morgan fingerprint density at radius 3 is 1.78 bits per heavy atom. The molecule has 1 heteroatoms. The molecule has 170 valence electrons. The van der Waals surface area contributed by atoms with Crippen molar-refractivity contribution < 1.29 is 0 Å². The van der Waals surface area contributed by atoms with E-state index in [1.165, 1.54) is 85.2 Å². The molecule has 0 aliphatic heterocycles. The lowest BCUT2D eigenvalue weighted by atomic mass is 9.84. The summed E-state index contributed by atoms with van der Waals surface area (Å²) >= 11 is 1.93. The van der Waals surface area contributed by atoms with Crippen molar-refractivity contribution in [2.24, 2.45) is 0 Å². The maximum Gasteiger partial charge on any atom is 0.0440 e. The molecule has 8 aromatic carbocycles. The highest BCUT2D eigenvalue weighted by Gasteiger charge is 2.20. The van der Waals surface area contributed by atoms with Crippen LogP contribution in [-0.4, -0.2) is 0 Å². The second kappa shape index (κ2) is 7.06. The van der Waals surface area contributed by atoms with Crippen molar-refractivity contribution in [2.75, 3.05) is 0 Å². The largest absolute Gasteiger partial charge is 0.135 e. The van der Waals surface area contributed by atoms with Crippen LogP contribution in [0.15, 0.2) is 121 Å². The Hall–Kier alpha value is -4.46. The average Bonchev–Trinajstić information content (AvgIpc) is 3.35. The molecule has 0 spiro atoms. The fourth-order valence-electron chi connectivity index (χ4n) is 6.66. The maximum absolute atomic E-state index is 2.44. The molecule has 0 saturated carbocycles. The molecule has 1 aromatic heterocycles. The second-order valence-electron chi connectivity index (χ2n) is 10.1. The standard InChI is InChI=1S/C36H20S/c1-3-12-24-21(9-1)19-22-10-2-4-13-25(22)33(24)30-20-23-11-7-16-28-32(23)34-26(30)15-8-17-29(34)36-35(28)27-14-5-6-18-31(27)37-36/h1-20H. The van der Waals surface area contributed by atoms with Crippen molar-refractivity contribution >= 4 is 85.4 Å². The number of fused-ring (bicyclic) bond motifs is 7. The van der Waals surface area contributed by atoms with Gasteiger partial charge in [0, 0.05) is 25.6 Å². The minimum atomic E-state index is 1.29. The van der Waals surface area contributed by atoms with Gasteiger partial charge in [0.15, 0.2) is 0 Å². The quantitative estimate of drug-likeness (QED) is 0.160. The van der Waals surface area contributed by atoms with Crippen LogP contribution >= 0.6 is 11.3 Å². The van der Waals surface area contributed by atoms with Gasteiger partial charge < -0.3 is 0 Å². The van der Waals surface area contributed by atoms with E-state index in [0.717, 1.165) is 0 Å². The highest BCUT2D eigenvalue weighted by atomic mass is 32.1. The summed E-state index contributed by atoms with van der Waals surface area (Å²) in [6.45, 7) is 0. The molecule has 37 heavy (non-hydrogen) atoms. The van der Waals surface area contributed by atoms with E-state index in [4.69, 9.17) is 0 Å². The molecule has 0 atom stereocenters. The van der Waals surface area contributed by atoms with E-state index in [1.807, 2.05) is 11.3 Å². The third-order valence-corrected chi connectivity index (χ3v) is 9.36. The normalized spacial score (nSPS) is 12.3. The van der Waals surface area contributed by atoms with Crippen LogP contribution in [0.3, 0.4) is 0 Å². The average molecular weight is 485 g/mol. The first-order valence-corrected chi connectivity index (χ1v) is 13.6. The van der Waals surface area contributed by atoms with Crippen LogP contribution in [0.25, 0.3) is 85.2 Å². The Kier molecular flexibility index (Phi) is 3.76. The van der Waals surface area contributed by atoms with Gasteiger partial charge in [0.25, 0.3) is 0 Å². The van der Waals surface area contributed by atoms with Gasteiger partial charge in [-0.1, -0.05) is 103 Å². The monoisotopic (exact) mass is 484 g/mol. The van der Waals surface area contributed by atoms with Gasteiger partial charge in [-0.25, -0.2) is 0 Å². The van der Waals surface area contributed by atoms with Crippen LogP contribution in [-0.2, 0) is 0 Å². The van der Waals surface area contributed by atoms with Crippen molar-refractivity contribution in [3.05, 3.63) is 121 Å². The first-order valence-electron chi connectivity index (χ1n) is 12.8. The minimum Gasteiger partial charge on any atom is -0.135 e. The van der Waals surface area contributed by atoms with Gasteiger partial charge >= 0.3 is 0 Å². The van der Waals surface area contributed by atoms with Gasteiger partial charge in [0.05, 0.1) is 0 Å². The molecule has 1 heterocycles. The van der Waals surface area contributed by atoms with E-state index in [-0.39, 0.29) is 0 Å². The Morgan fingerprint density at radius 2 is 0.973 bits per heavy atom. The van der Waals surface area contributed by atoms with E-state index in [2.05, 4.69) is 121 Å². The first-order chi connectivity index (χ1) is 18.4. The summed E-state index contributed by atoms with van der Waals surface area (Å²) < 4.78 is 2.75. The smallest absolute Gasteiger partial charge is 0.0440 e. The van der Waals surface area contributed by atoms with Crippen molar-refractivity contribution in [2.45, 2.75) is 0 Å². The van der Waals surface area contributed by atoms with E-state index < -0.39 is 0 Å². The lowest BCUT2D eigenvalue weighted by Gasteiger charge is -2.19. The number of hydrogen-bond acceptors (Lipinski definition) is 1. The molecule has 0 bridgehead atoms. The Balaban J connectivity index is 1.57. The van der Waals surface area contributed by atoms with E-state index in [1.54, 1.807) is 0 Å². The van der Waals surface area contributed by atoms with Gasteiger partial charge in [-0.3, -0.25) is 0 Å². The van der Waals surface area contributed by atoms with Gasteiger partial charge in [-0.15, -0.1) is 11.3 Å². The molecule has 0 nitrogen and oxygen atoms in total. The van der Waals surface area contributed by atoms with Crippen molar-refractivity contribution in [1.82, 2.24) is 0 Å². The minimum absolute atomic E-state index is 1.29. The van der Waals surface area contributed by atoms with Crippen LogP contribution in [0.4, 0.5) is 0 Å². The van der Waals surface area contributed by atoms with Gasteiger partial charge in [0.2, 0.25) is 0 Å². The van der Waals surface area contributed by atoms with Crippen LogP contribution in [0.1, 0.15) is 0 Å². The third kappa shape index (κ3) is 2.52. The van der Waals surface area contributed by atoms with Crippen LogP contribution < -0.4 is 0 Å². The molecule has 0 aliphatic rings. The zero-order valence-corrected chi connectivity index (χ0v) is 20.8. The molecule has 0 fully saturated rings. The molecule has 0 amide bonds. The first kappa shape index (κ1) is 19.7. The zero-order chi connectivity index (χ0) is 24.1. The summed E-state index contributed by atoms with van der Waals surface area (Å²) in [7, 11) is 0. The number of hydrogen-bond donors (Lipinski definition) is 0. The molecular formula is C36H20S. The van der Waals surface area contributed by atoms with Crippen molar-refractivity contribution in [3.63, 3.8) is 0 Å². The fraction of sp³-hybridized carbons (Fsp3) is 0. The number of thiophene rings is 1. The molecule has 9 aromatic rings. The molecular weight excluding hydrogens is 464 g/mol. The summed E-state index contributed by atoms with van der Waals surface area (Å²) in [5.74, 6) is 0. The molecule has 0 unspecified atom stereocenters. The van der Waals surface area contributed by atoms with Gasteiger partial charge in [-0.2, -0.15) is 0 Å². The van der Waals surface area contributed by atoms with Crippen molar-refractivity contribution in [3.8, 4) is 11.1 Å². The second-order valence-corrected chi connectivity index (χ2v) is 11.1. The number of benzene rings is 8. The zero-order valence-electron chi connectivity index (χ0n) is 20.0. The Labute approximate surface area is 217 Å². The molecule has 0 aliphatic carbocycles. The van der Waals surface area contributed by atoms with Gasteiger partial charge in [-0.05, 0) is 77.8 Å². The summed E-state index contributed by atoms with van der Waals surface area (Å²) in [5.41, 5.74) is 2.65. The molecule has 0 radical (unpaired) electrons. The van der Waals surface area contributed by atoms with Crippen LogP contribution in [0.5, 0.6) is 0 Å². The predicted octanol–water partition coefficient (Wildman–Crippen LogP) is 10.9. The molecule has 0 saturated heterocycles. The van der Waals surface area contributed by atoms with E-state index >= 15 is 0 Å². The fourth-order valence-corrected chi connectivity index (χ4v) is 7.91. The van der Waals surface area contributed by atoms with E-state index in [0.29, 0.717) is 0 Å². The third-order valence-electron chi connectivity index (χ3n) is 8.15. The van der Waals surface area contributed by atoms with Crippen molar-refractivity contribution in [1.29, 1.82) is 0 Å². The summed E-state index contributed by atoms with van der Waals surface area (Å²) in [6, 6.07) is 45.1. The predicted molar refractivity (Wildman–Crippen MR) is 163 cm³/mol. The van der Waals surface area contributed by atoms with Gasteiger partial charge in [0.1, 0.15) is 0 Å². The Morgan fingerprint density at radius 1 is 0.378 bits per heavy atom. The lowest BCUT2D eigenvalue weighted by molar-refractivity contribution is 1.73. The van der Waals surface area contributed by atoms with Crippen LogP contribution in [0.2, 0.25) is 0 Å². The SMILES string of the molecule is c1ccc2c(-c3cc4cccc5c6c7ccccc7sc6c6cccc3c6c45)c3ccccc3cc2c1. The van der Waals surface area contributed by atoms with E-state index in [9.17, 15) is 0 Å². The summed E-state index contributed by atoms with van der Waals surface area (Å²) in [6.07, 6.45) is 0. The highest BCUT2D eigenvalue weighted by Crippen LogP contribution is 2.50. The highest BCUT2D eigenvalue weighted by molar-refractivity contribution is 7.27. The summed E-state index contributed by atoms with van der Waals surface area (Å²) in [5, 5.41) is 16.1. The topological polar surface area (TPSA) is 0 Å². The summed E-state index contributed by atoms with van der Waals surface area (Å²) in [4.78, 5) is 0. The number of rotatable bonds is 1. The molecule has 9 rings (SSSR count). The van der Waals surface area contributed by atoms with Crippen LogP contribution in [0, 0.1) is 0 Å².